The normalized spacial score (nSPS) is 16.2. The third-order valence-corrected chi connectivity index (χ3v) is 12.2. The van der Waals surface area contributed by atoms with Gasteiger partial charge in [-0.1, -0.05) is 36.4 Å². The van der Waals surface area contributed by atoms with Crippen molar-refractivity contribution in [1.82, 2.24) is 52.1 Å². The zero-order valence-corrected chi connectivity index (χ0v) is 40.4. The molecule has 24 heteroatoms. The predicted octanol–water partition coefficient (Wildman–Crippen LogP) is -2.64. The maximum Gasteiger partial charge on any atom is 0.246 e. The average Bonchev–Trinajstić information content (AvgIpc) is 4.10. The summed E-state index contributed by atoms with van der Waals surface area (Å²) in [7, 11) is 0. The molecule has 388 valence electrons. The molecule has 0 aliphatic carbocycles. The van der Waals surface area contributed by atoms with Crippen LogP contribution in [0.4, 0.5) is 0 Å². The Bertz CT molecular complexity index is 2630. The Labute approximate surface area is 414 Å². The lowest BCUT2D eigenvalue weighted by Gasteiger charge is -2.30. The average molecular weight is 1000 g/mol. The van der Waals surface area contributed by atoms with E-state index in [1.54, 1.807) is 12.4 Å². The van der Waals surface area contributed by atoms with Gasteiger partial charge in [0.05, 0.1) is 19.1 Å². The lowest BCUT2D eigenvalue weighted by Crippen LogP contribution is -2.60. The van der Waals surface area contributed by atoms with Gasteiger partial charge >= 0.3 is 0 Å². The smallest absolute Gasteiger partial charge is 0.246 e. The first-order valence-electron chi connectivity index (χ1n) is 23.7. The van der Waals surface area contributed by atoms with Crippen molar-refractivity contribution in [1.29, 1.82) is 0 Å². The SMILES string of the molecule is CC(=O)N[C@@H](Cc1c[nH]c2ccccc12)C(=O)N[C@@H](CC(N)=O)C(=O)N1CCC[C@H]1C(=O)N[C@@H](C)C(=O)N[C@H](C(=O)NCC(=O)N[C@@H](CCCCN)C(=O)N[C@@H](Cc1c[nH]c2ccccc12)C(N)=O)[C@@H](C)O. The molecule has 2 aromatic carbocycles. The van der Waals surface area contributed by atoms with Crippen LogP contribution in [-0.2, 0) is 60.8 Å². The number of amides is 10. The number of hydrogen-bond acceptors (Lipinski definition) is 12. The van der Waals surface area contributed by atoms with E-state index in [0.717, 1.165) is 32.3 Å². The number of carbonyl (C=O) groups is 10. The van der Waals surface area contributed by atoms with Crippen molar-refractivity contribution in [3.8, 4) is 0 Å². The number of aliphatic hydroxyl groups is 1. The minimum Gasteiger partial charge on any atom is -0.391 e. The van der Waals surface area contributed by atoms with Gasteiger partial charge in [-0.05, 0) is 75.8 Å². The summed E-state index contributed by atoms with van der Waals surface area (Å²) in [5.41, 5.74) is 19.9. The number of hydrogen-bond donors (Lipinski definition) is 13. The fourth-order valence-corrected chi connectivity index (χ4v) is 8.51. The number of nitrogens with one attached hydrogen (secondary N) is 9. The number of nitrogens with two attached hydrogens (primary N) is 3. The standard InChI is InChI=1S/C48H65N13O11/c1-25(55-46(70)38-16-10-18-61(38)48(72)37(21-39(50)64)59-45(69)36(56-27(3)63)20-29-23-53-33-14-7-5-12-31(29)33)43(67)60-41(26(2)62)47(71)54-24-40(65)57-34(15-8-9-17-49)44(68)58-35(42(51)66)19-28-22-52-32-13-6-4-11-30(28)32/h4-7,11-14,22-23,25-26,34-38,41,52-53,62H,8-10,15-21,24,49H2,1-3H3,(H2,50,64)(H2,51,66)(H,54,71)(H,55,70)(H,56,63)(H,57,65)(H,58,68)(H,59,69)(H,60,67)/t25-,26+,34-,35-,36-,37-,38-,41-/m0/s1. The number of primary amides is 2. The van der Waals surface area contributed by atoms with Crippen LogP contribution in [0.2, 0.25) is 0 Å². The van der Waals surface area contributed by atoms with Crippen molar-refractivity contribution in [3.63, 3.8) is 0 Å². The Kier molecular flexibility index (Phi) is 19.8. The van der Waals surface area contributed by atoms with Crippen LogP contribution < -0.4 is 54.4 Å². The van der Waals surface area contributed by atoms with E-state index in [9.17, 15) is 53.1 Å². The molecule has 24 nitrogen and oxygen atoms in total. The number of unbranched alkanes of at least 4 members (excludes halogenated alkanes) is 1. The number of rotatable bonds is 26. The zero-order valence-electron chi connectivity index (χ0n) is 40.4. The molecule has 0 unspecified atom stereocenters. The molecule has 1 fully saturated rings. The highest BCUT2D eigenvalue weighted by molar-refractivity contribution is 5.99. The van der Waals surface area contributed by atoms with Crippen LogP contribution in [0.5, 0.6) is 0 Å². The van der Waals surface area contributed by atoms with Crippen LogP contribution in [0.3, 0.4) is 0 Å². The molecule has 16 N–H and O–H groups in total. The minimum atomic E-state index is -1.63. The third-order valence-electron chi connectivity index (χ3n) is 12.2. The monoisotopic (exact) mass is 999 g/mol. The largest absolute Gasteiger partial charge is 0.391 e. The van der Waals surface area contributed by atoms with Gasteiger partial charge in [0.25, 0.3) is 0 Å². The lowest BCUT2D eigenvalue weighted by molar-refractivity contribution is -0.143. The van der Waals surface area contributed by atoms with Gasteiger partial charge in [0.1, 0.15) is 42.3 Å². The fraction of sp³-hybridized carbons (Fsp3) is 0.458. The molecule has 10 amide bonds. The van der Waals surface area contributed by atoms with Crippen molar-refractivity contribution in [2.24, 2.45) is 17.2 Å². The van der Waals surface area contributed by atoms with Crippen LogP contribution in [0.1, 0.15) is 70.4 Å². The maximum atomic E-state index is 14.0. The van der Waals surface area contributed by atoms with Gasteiger partial charge in [-0.3, -0.25) is 47.9 Å². The molecule has 3 heterocycles. The highest BCUT2D eigenvalue weighted by Crippen LogP contribution is 2.22. The van der Waals surface area contributed by atoms with E-state index in [1.807, 2.05) is 48.5 Å². The number of likely N-dealkylation sites (tertiary alicyclic amines) is 1. The lowest BCUT2D eigenvalue weighted by atomic mass is 10.0. The van der Waals surface area contributed by atoms with E-state index in [-0.39, 0.29) is 32.2 Å². The number of para-hydroxylation sites is 2. The summed E-state index contributed by atoms with van der Waals surface area (Å²) in [5.74, 6) is -8.04. The van der Waals surface area contributed by atoms with E-state index in [1.165, 1.54) is 20.8 Å². The first-order chi connectivity index (χ1) is 34.3. The molecule has 5 rings (SSSR count). The Hall–Kier alpha value is -7.86. The Morgan fingerprint density at radius 1 is 0.708 bits per heavy atom. The molecule has 4 aromatic rings. The topological polar surface area (TPSA) is 388 Å². The third kappa shape index (κ3) is 15.1. The first kappa shape index (κ1) is 55.1. The summed E-state index contributed by atoms with van der Waals surface area (Å²) in [6.45, 7) is 3.39. The summed E-state index contributed by atoms with van der Waals surface area (Å²) >= 11 is 0. The molecule has 8 atom stereocenters. The van der Waals surface area contributed by atoms with Gasteiger partial charge < -0.3 is 74.4 Å². The van der Waals surface area contributed by atoms with Gasteiger partial charge in [-0.2, -0.15) is 0 Å². The predicted molar refractivity (Wildman–Crippen MR) is 262 cm³/mol. The van der Waals surface area contributed by atoms with E-state index in [0.29, 0.717) is 31.4 Å². The molecular formula is C48H65N13O11. The highest BCUT2D eigenvalue weighted by Gasteiger charge is 2.40. The Morgan fingerprint density at radius 3 is 1.86 bits per heavy atom. The summed E-state index contributed by atoms with van der Waals surface area (Å²) in [5, 5.41) is 29.6. The van der Waals surface area contributed by atoms with E-state index in [4.69, 9.17) is 17.2 Å². The van der Waals surface area contributed by atoms with Gasteiger partial charge in [0, 0.05) is 60.5 Å². The second-order valence-electron chi connectivity index (χ2n) is 17.8. The summed E-state index contributed by atoms with van der Waals surface area (Å²) in [6.07, 6.45) is 2.91. The van der Waals surface area contributed by atoms with E-state index in [2.05, 4.69) is 47.2 Å². The molecule has 1 saturated heterocycles. The molecule has 72 heavy (non-hydrogen) atoms. The second-order valence-corrected chi connectivity index (χ2v) is 17.8. The molecule has 1 aliphatic heterocycles. The number of aromatic nitrogens is 2. The van der Waals surface area contributed by atoms with Crippen molar-refractivity contribution >= 4 is 80.9 Å². The highest BCUT2D eigenvalue weighted by atomic mass is 16.3. The molecule has 2 aromatic heterocycles. The number of fused-ring (bicyclic) bond motifs is 2. The second kappa shape index (κ2) is 25.8. The Balaban J connectivity index is 1.16. The molecular weight excluding hydrogens is 935 g/mol. The van der Waals surface area contributed by atoms with Crippen molar-refractivity contribution in [2.75, 3.05) is 19.6 Å². The van der Waals surface area contributed by atoms with Gasteiger partial charge in [0.2, 0.25) is 59.1 Å². The van der Waals surface area contributed by atoms with Crippen LogP contribution in [-0.4, -0.2) is 147 Å². The van der Waals surface area contributed by atoms with Crippen LogP contribution >= 0.6 is 0 Å². The Morgan fingerprint density at radius 2 is 1.29 bits per heavy atom. The van der Waals surface area contributed by atoms with Crippen molar-refractivity contribution in [2.45, 2.75) is 121 Å². The van der Waals surface area contributed by atoms with Gasteiger partial charge in [0.15, 0.2) is 0 Å². The number of aromatic amines is 2. The van der Waals surface area contributed by atoms with Crippen LogP contribution in [0.15, 0.2) is 60.9 Å². The summed E-state index contributed by atoms with van der Waals surface area (Å²) in [6, 6.07) is 5.59. The summed E-state index contributed by atoms with van der Waals surface area (Å²) < 4.78 is 0. The molecule has 1 aliphatic rings. The van der Waals surface area contributed by atoms with Crippen molar-refractivity contribution < 1.29 is 53.1 Å². The minimum absolute atomic E-state index is 0.0284. The summed E-state index contributed by atoms with van der Waals surface area (Å²) in [4.78, 5) is 139. The molecule has 0 radical (unpaired) electrons. The number of carbonyl (C=O) groups excluding carboxylic acids is 10. The van der Waals surface area contributed by atoms with E-state index < -0.39 is 120 Å². The quantitative estimate of drug-likeness (QED) is 0.0287. The van der Waals surface area contributed by atoms with Gasteiger partial charge in [-0.25, -0.2) is 0 Å². The number of aliphatic hydroxyl groups excluding tert-OH is 1. The number of nitrogens with zero attached hydrogens (tertiary/aromatic N) is 1. The molecule has 0 bridgehead atoms. The van der Waals surface area contributed by atoms with Crippen LogP contribution in [0.25, 0.3) is 21.8 Å². The van der Waals surface area contributed by atoms with Gasteiger partial charge in [-0.15, -0.1) is 0 Å². The maximum absolute atomic E-state index is 14.0. The van der Waals surface area contributed by atoms with Crippen LogP contribution in [0, 0.1) is 0 Å². The molecule has 0 saturated carbocycles. The zero-order chi connectivity index (χ0) is 52.6. The number of benzene rings is 2. The molecule has 0 spiro atoms. The van der Waals surface area contributed by atoms with Crippen molar-refractivity contribution in [3.05, 3.63) is 72.1 Å². The first-order valence-corrected chi connectivity index (χ1v) is 23.7. The van der Waals surface area contributed by atoms with E-state index >= 15 is 0 Å². The number of H-pyrrole nitrogens is 2. The fourth-order valence-electron chi connectivity index (χ4n) is 8.51.